The molecule has 5 nitrogen and oxygen atoms in total. The van der Waals surface area contributed by atoms with Crippen molar-refractivity contribution >= 4 is 21.4 Å². The lowest BCUT2D eigenvalue weighted by Gasteiger charge is -2.18. The molecule has 1 heterocycles. The summed E-state index contributed by atoms with van der Waals surface area (Å²) in [6.07, 6.45) is 2.75. The topological polar surface area (TPSA) is 67.4 Å². The van der Waals surface area contributed by atoms with E-state index in [1.165, 1.54) is 11.3 Å². The van der Waals surface area contributed by atoms with Crippen LogP contribution in [0.5, 0.6) is 0 Å². The van der Waals surface area contributed by atoms with Crippen LogP contribution in [0.4, 0.5) is 0 Å². The number of sulfonamides is 1. The molecule has 0 aliphatic heterocycles. The molecule has 1 saturated carbocycles. The summed E-state index contributed by atoms with van der Waals surface area (Å²) >= 11 is 1.30. The maximum absolute atomic E-state index is 12.3. The molecular formula is C12H20N2O3S2. The van der Waals surface area contributed by atoms with E-state index in [4.69, 9.17) is 4.74 Å². The van der Waals surface area contributed by atoms with E-state index in [0.717, 1.165) is 24.1 Å². The van der Waals surface area contributed by atoms with Gasteiger partial charge in [-0.25, -0.2) is 13.1 Å². The molecule has 0 amide bonds. The summed E-state index contributed by atoms with van der Waals surface area (Å²) < 4.78 is 33.0. The third-order valence-electron chi connectivity index (χ3n) is 3.31. The van der Waals surface area contributed by atoms with Crippen molar-refractivity contribution in [2.45, 2.75) is 42.2 Å². The first kappa shape index (κ1) is 14.9. The second kappa shape index (κ2) is 6.32. The van der Waals surface area contributed by atoms with Crippen molar-refractivity contribution in [2.75, 3.05) is 14.2 Å². The highest BCUT2D eigenvalue weighted by atomic mass is 32.2. The minimum atomic E-state index is -3.42. The van der Waals surface area contributed by atoms with Gasteiger partial charge in [0.1, 0.15) is 4.21 Å². The number of methoxy groups -OCH3 is 1. The molecule has 1 fully saturated rings. The molecule has 19 heavy (non-hydrogen) atoms. The largest absolute Gasteiger partial charge is 0.380 e. The summed E-state index contributed by atoms with van der Waals surface area (Å²) in [5.74, 6) is 0. The van der Waals surface area contributed by atoms with Crippen molar-refractivity contribution in [3.8, 4) is 0 Å². The standard InChI is InChI=1S/C12H20N2O3S2/c1-13-8-9-6-7-12(18-9)19(15,16)14-10-4-3-5-11(10)17-2/h6-7,10-11,13-14H,3-5,8H2,1-2H3. The summed E-state index contributed by atoms with van der Waals surface area (Å²) in [4.78, 5) is 1.01. The van der Waals surface area contributed by atoms with E-state index >= 15 is 0 Å². The summed E-state index contributed by atoms with van der Waals surface area (Å²) in [6.45, 7) is 0.685. The Bertz CT molecular complexity index is 513. The molecule has 0 aromatic carbocycles. The van der Waals surface area contributed by atoms with Crippen LogP contribution in [-0.4, -0.2) is 34.7 Å². The molecule has 1 aliphatic rings. The maximum atomic E-state index is 12.3. The SMILES string of the molecule is CNCc1ccc(S(=O)(=O)NC2CCCC2OC)s1. The molecule has 2 rings (SSSR count). The molecule has 2 atom stereocenters. The van der Waals surface area contributed by atoms with E-state index in [1.807, 2.05) is 13.1 Å². The van der Waals surface area contributed by atoms with E-state index in [2.05, 4.69) is 10.0 Å². The molecule has 1 aliphatic carbocycles. The van der Waals surface area contributed by atoms with Crippen LogP contribution in [0.3, 0.4) is 0 Å². The Morgan fingerprint density at radius 1 is 1.42 bits per heavy atom. The number of ether oxygens (including phenoxy) is 1. The van der Waals surface area contributed by atoms with Gasteiger partial charge in [-0.1, -0.05) is 0 Å². The Balaban J connectivity index is 2.08. The highest BCUT2D eigenvalue weighted by molar-refractivity contribution is 7.91. The van der Waals surface area contributed by atoms with E-state index in [9.17, 15) is 8.42 Å². The maximum Gasteiger partial charge on any atom is 0.250 e. The van der Waals surface area contributed by atoms with Crippen molar-refractivity contribution in [3.05, 3.63) is 17.0 Å². The lowest BCUT2D eigenvalue weighted by atomic mass is 10.2. The number of hydrogen-bond donors (Lipinski definition) is 2. The van der Waals surface area contributed by atoms with Crippen molar-refractivity contribution < 1.29 is 13.2 Å². The molecule has 2 unspecified atom stereocenters. The summed E-state index contributed by atoms with van der Waals surface area (Å²) in [5, 5.41) is 3.01. The highest BCUT2D eigenvalue weighted by Gasteiger charge is 2.31. The zero-order valence-electron chi connectivity index (χ0n) is 11.2. The van der Waals surface area contributed by atoms with Crippen LogP contribution in [0.15, 0.2) is 16.3 Å². The minimum absolute atomic E-state index is 0.00786. The normalized spacial score (nSPS) is 23.9. The number of hydrogen-bond acceptors (Lipinski definition) is 5. The third kappa shape index (κ3) is 3.55. The molecule has 0 spiro atoms. The lowest BCUT2D eigenvalue weighted by Crippen LogP contribution is -2.40. The Morgan fingerprint density at radius 2 is 2.21 bits per heavy atom. The van der Waals surface area contributed by atoms with Gasteiger partial charge in [-0.3, -0.25) is 0 Å². The van der Waals surface area contributed by atoms with Crippen LogP contribution >= 0.6 is 11.3 Å². The first-order chi connectivity index (χ1) is 9.06. The van der Waals surface area contributed by atoms with Crippen molar-refractivity contribution in [3.63, 3.8) is 0 Å². The molecular weight excluding hydrogens is 284 g/mol. The van der Waals surface area contributed by atoms with Crippen LogP contribution in [-0.2, 0) is 21.3 Å². The number of rotatable bonds is 6. The monoisotopic (exact) mass is 304 g/mol. The smallest absolute Gasteiger partial charge is 0.250 e. The molecule has 1 aromatic rings. The van der Waals surface area contributed by atoms with Gasteiger partial charge in [0.25, 0.3) is 0 Å². The molecule has 0 bridgehead atoms. The summed E-state index contributed by atoms with van der Waals surface area (Å²) in [7, 11) is 0.0501. The molecule has 108 valence electrons. The van der Waals surface area contributed by atoms with E-state index in [1.54, 1.807) is 13.2 Å². The van der Waals surface area contributed by atoms with Gasteiger partial charge in [-0.2, -0.15) is 0 Å². The molecule has 1 aromatic heterocycles. The van der Waals surface area contributed by atoms with Crippen LogP contribution in [0.25, 0.3) is 0 Å². The van der Waals surface area contributed by atoms with Gasteiger partial charge >= 0.3 is 0 Å². The fraction of sp³-hybridized carbons (Fsp3) is 0.667. The van der Waals surface area contributed by atoms with Gasteiger partial charge in [0.05, 0.1) is 6.10 Å². The Hall–Kier alpha value is -0.470. The van der Waals surface area contributed by atoms with Gasteiger partial charge < -0.3 is 10.1 Å². The predicted molar refractivity (Wildman–Crippen MR) is 75.8 cm³/mol. The number of nitrogens with one attached hydrogen (secondary N) is 2. The Morgan fingerprint density at radius 3 is 2.89 bits per heavy atom. The second-order valence-corrected chi connectivity index (χ2v) is 7.79. The van der Waals surface area contributed by atoms with Gasteiger partial charge in [0.15, 0.2) is 0 Å². The van der Waals surface area contributed by atoms with Crippen LogP contribution in [0, 0.1) is 0 Å². The zero-order chi connectivity index (χ0) is 13.9. The number of thiophene rings is 1. The average molecular weight is 304 g/mol. The van der Waals surface area contributed by atoms with E-state index < -0.39 is 10.0 Å². The lowest BCUT2D eigenvalue weighted by molar-refractivity contribution is 0.0916. The zero-order valence-corrected chi connectivity index (χ0v) is 12.8. The van der Waals surface area contributed by atoms with Gasteiger partial charge in [-0.05, 0) is 38.4 Å². The molecule has 0 radical (unpaired) electrons. The first-order valence-electron chi connectivity index (χ1n) is 6.35. The first-order valence-corrected chi connectivity index (χ1v) is 8.65. The van der Waals surface area contributed by atoms with Gasteiger partial charge in [0.2, 0.25) is 10.0 Å². The average Bonchev–Trinajstić information content (AvgIpc) is 2.98. The van der Waals surface area contributed by atoms with E-state index in [0.29, 0.717) is 10.8 Å². The highest BCUT2D eigenvalue weighted by Crippen LogP contribution is 2.26. The Labute approximate surface area is 118 Å². The molecule has 2 N–H and O–H groups in total. The molecule has 7 heteroatoms. The fourth-order valence-corrected chi connectivity index (χ4v) is 5.06. The Kier molecular flexibility index (Phi) is 4.97. The summed E-state index contributed by atoms with van der Waals surface area (Å²) in [6, 6.07) is 3.40. The fourth-order valence-electron chi connectivity index (χ4n) is 2.37. The van der Waals surface area contributed by atoms with Gasteiger partial charge in [0, 0.05) is 24.6 Å². The quantitative estimate of drug-likeness (QED) is 0.831. The second-order valence-electron chi connectivity index (χ2n) is 4.68. The predicted octanol–water partition coefficient (Wildman–Crippen LogP) is 1.31. The third-order valence-corrected chi connectivity index (χ3v) is 6.38. The van der Waals surface area contributed by atoms with Gasteiger partial charge in [-0.15, -0.1) is 11.3 Å². The van der Waals surface area contributed by atoms with E-state index in [-0.39, 0.29) is 12.1 Å². The van der Waals surface area contributed by atoms with Crippen LogP contribution in [0.2, 0.25) is 0 Å². The van der Waals surface area contributed by atoms with Crippen molar-refractivity contribution in [1.29, 1.82) is 0 Å². The summed E-state index contributed by atoms with van der Waals surface area (Å²) in [5.41, 5.74) is 0. The van der Waals surface area contributed by atoms with Crippen LogP contribution < -0.4 is 10.0 Å². The minimum Gasteiger partial charge on any atom is -0.380 e. The van der Waals surface area contributed by atoms with Crippen LogP contribution in [0.1, 0.15) is 24.1 Å². The van der Waals surface area contributed by atoms with Crippen molar-refractivity contribution in [2.24, 2.45) is 0 Å². The van der Waals surface area contributed by atoms with Crippen molar-refractivity contribution in [1.82, 2.24) is 10.0 Å². The molecule has 0 saturated heterocycles.